The Hall–Kier alpha value is -3.49. The lowest BCUT2D eigenvalue weighted by Crippen LogP contribution is -2.27. The minimum atomic E-state index is -0.955. The summed E-state index contributed by atoms with van der Waals surface area (Å²) in [5.74, 6) is 1.02. The van der Waals surface area contributed by atoms with Gasteiger partial charge in [-0.25, -0.2) is 9.97 Å². The van der Waals surface area contributed by atoms with Crippen LogP contribution in [-0.2, 0) is 29.3 Å². The zero-order chi connectivity index (χ0) is 22.0. The predicted molar refractivity (Wildman–Crippen MR) is 120 cm³/mol. The van der Waals surface area contributed by atoms with E-state index in [9.17, 15) is 9.90 Å². The van der Waals surface area contributed by atoms with Crippen molar-refractivity contribution in [2.24, 2.45) is 0 Å². The maximum absolute atomic E-state index is 10.5. The number of amides is 1. The molecule has 4 aromatic rings. The average Bonchev–Trinajstić information content (AvgIpc) is 3.07. The van der Waals surface area contributed by atoms with E-state index >= 15 is 0 Å². The van der Waals surface area contributed by atoms with Gasteiger partial charge in [0.1, 0.15) is 17.9 Å². The topological polar surface area (TPSA) is 115 Å². The lowest BCUT2D eigenvalue weighted by atomic mass is 10.1. The molecule has 0 radical (unpaired) electrons. The minimum absolute atomic E-state index is 0.243. The number of aromatic nitrogens is 3. The molecule has 1 amide bonds. The van der Waals surface area contributed by atoms with Crippen molar-refractivity contribution < 1.29 is 14.6 Å². The van der Waals surface area contributed by atoms with Crippen LogP contribution < -0.4 is 11.1 Å². The number of rotatable bonds is 8. The van der Waals surface area contributed by atoms with Crippen molar-refractivity contribution in [3.8, 4) is 0 Å². The number of ether oxygens (including phenoxy) is 1. The van der Waals surface area contributed by atoms with Gasteiger partial charge in [0.2, 0.25) is 6.41 Å². The summed E-state index contributed by atoms with van der Waals surface area (Å²) >= 11 is 0. The highest BCUT2D eigenvalue weighted by atomic mass is 16.5. The van der Waals surface area contributed by atoms with Crippen molar-refractivity contribution in [1.29, 1.82) is 0 Å². The standard InChI is InChI=1S/C23H25N5O3/c1-23(2,30)13-28-19(12-31-11-15-7-9-16(10-8-15)25-14-29)27-20-21(28)17-5-3-4-6-18(17)26-22(20)24/h3-10,14,30H,11-13H2,1-2H3,(H2,24,26)(H,25,29). The Morgan fingerprint density at radius 3 is 2.58 bits per heavy atom. The third-order valence-corrected chi connectivity index (χ3v) is 4.91. The van der Waals surface area contributed by atoms with Crippen molar-refractivity contribution in [2.45, 2.75) is 39.2 Å². The summed E-state index contributed by atoms with van der Waals surface area (Å²) in [6.07, 6.45) is 0.642. The third-order valence-electron chi connectivity index (χ3n) is 4.91. The fourth-order valence-corrected chi connectivity index (χ4v) is 3.60. The van der Waals surface area contributed by atoms with E-state index in [1.807, 2.05) is 53.1 Å². The number of fused-ring (bicyclic) bond motifs is 3. The Balaban J connectivity index is 1.66. The summed E-state index contributed by atoms with van der Waals surface area (Å²) < 4.78 is 7.89. The van der Waals surface area contributed by atoms with Crippen molar-refractivity contribution >= 4 is 39.9 Å². The molecule has 0 bridgehead atoms. The van der Waals surface area contributed by atoms with Gasteiger partial charge in [-0.15, -0.1) is 0 Å². The SMILES string of the molecule is CC(C)(O)Cn1c(COCc2ccc(NC=O)cc2)nc2c(N)nc3ccccc3c21. The molecule has 2 aromatic carbocycles. The van der Waals surface area contributed by atoms with Crippen LogP contribution in [0.15, 0.2) is 48.5 Å². The second-order valence-electron chi connectivity index (χ2n) is 8.09. The molecule has 0 unspecified atom stereocenters. The van der Waals surface area contributed by atoms with Gasteiger partial charge in [0.15, 0.2) is 5.82 Å². The van der Waals surface area contributed by atoms with Crippen LogP contribution in [0.4, 0.5) is 11.5 Å². The monoisotopic (exact) mass is 419 g/mol. The van der Waals surface area contributed by atoms with Gasteiger partial charge in [0.05, 0.1) is 29.8 Å². The molecule has 0 fully saturated rings. The van der Waals surface area contributed by atoms with Crippen molar-refractivity contribution in [3.63, 3.8) is 0 Å². The molecule has 8 nitrogen and oxygen atoms in total. The number of nitrogens with zero attached hydrogens (tertiary/aromatic N) is 3. The molecule has 31 heavy (non-hydrogen) atoms. The second-order valence-corrected chi connectivity index (χ2v) is 8.09. The van der Waals surface area contributed by atoms with Gasteiger partial charge in [0.25, 0.3) is 0 Å². The maximum Gasteiger partial charge on any atom is 0.211 e. The number of hydrogen-bond acceptors (Lipinski definition) is 6. The third kappa shape index (κ3) is 4.50. The highest BCUT2D eigenvalue weighted by molar-refractivity contribution is 6.06. The highest BCUT2D eigenvalue weighted by Crippen LogP contribution is 2.30. The normalized spacial score (nSPS) is 11.8. The second kappa shape index (κ2) is 8.33. The number of benzene rings is 2. The molecule has 4 N–H and O–H groups in total. The van der Waals surface area contributed by atoms with Crippen LogP contribution in [0.3, 0.4) is 0 Å². The Labute approximate surface area is 179 Å². The average molecular weight is 419 g/mol. The van der Waals surface area contributed by atoms with Crippen LogP contribution in [0.2, 0.25) is 0 Å². The smallest absolute Gasteiger partial charge is 0.211 e. The number of carbonyl (C=O) groups is 1. The highest BCUT2D eigenvalue weighted by Gasteiger charge is 2.22. The molecule has 0 saturated carbocycles. The lowest BCUT2D eigenvalue weighted by Gasteiger charge is -2.20. The molecule has 0 saturated heterocycles. The van der Waals surface area contributed by atoms with E-state index in [4.69, 9.17) is 15.5 Å². The zero-order valence-electron chi connectivity index (χ0n) is 17.5. The molecule has 4 rings (SSSR count). The van der Waals surface area contributed by atoms with Gasteiger partial charge >= 0.3 is 0 Å². The zero-order valence-corrected chi connectivity index (χ0v) is 17.5. The molecule has 0 aliphatic rings. The fourth-order valence-electron chi connectivity index (χ4n) is 3.60. The maximum atomic E-state index is 10.5. The van der Waals surface area contributed by atoms with Crippen LogP contribution in [-0.4, -0.2) is 31.7 Å². The van der Waals surface area contributed by atoms with Crippen molar-refractivity contribution in [3.05, 3.63) is 59.9 Å². The van der Waals surface area contributed by atoms with E-state index < -0.39 is 5.60 Å². The first-order valence-electron chi connectivity index (χ1n) is 9.98. The summed E-state index contributed by atoms with van der Waals surface area (Å²) in [5.41, 5.74) is 9.16. The first kappa shape index (κ1) is 20.8. The first-order chi connectivity index (χ1) is 14.9. The van der Waals surface area contributed by atoms with Crippen molar-refractivity contribution in [2.75, 3.05) is 11.1 Å². The molecule has 0 aliphatic carbocycles. The number of hydrogen-bond donors (Lipinski definition) is 3. The van der Waals surface area contributed by atoms with Crippen LogP contribution in [0.5, 0.6) is 0 Å². The fraction of sp³-hybridized carbons (Fsp3) is 0.261. The number of imidazole rings is 1. The molecule has 2 aromatic heterocycles. The Kier molecular flexibility index (Phi) is 5.58. The van der Waals surface area contributed by atoms with Gasteiger partial charge in [-0.1, -0.05) is 30.3 Å². The number of anilines is 2. The quantitative estimate of drug-likeness (QED) is 0.378. The number of carbonyl (C=O) groups excluding carboxylic acids is 1. The molecule has 0 aliphatic heterocycles. The summed E-state index contributed by atoms with van der Waals surface area (Å²) in [7, 11) is 0. The number of para-hydroxylation sites is 1. The molecular formula is C23H25N5O3. The lowest BCUT2D eigenvalue weighted by molar-refractivity contribution is -0.105. The summed E-state index contributed by atoms with van der Waals surface area (Å²) in [5, 5.41) is 14.0. The summed E-state index contributed by atoms with van der Waals surface area (Å²) in [6, 6.07) is 15.2. The predicted octanol–water partition coefficient (Wildman–Crippen LogP) is 3.22. The van der Waals surface area contributed by atoms with Crippen LogP contribution in [0.25, 0.3) is 21.9 Å². The van der Waals surface area contributed by atoms with E-state index in [-0.39, 0.29) is 6.61 Å². The molecule has 8 heteroatoms. The van der Waals surface area contributed by atoms with Crippen molar-refractivity contribution in [1.82, 2.24) is 14.5 Å². The summed E-state index contributed by atoms with van der Waals surface area (Å²) in [4.78, 5) is 19.7. The number of aliphatic hydroxyl groups is 1. The van der Waals surface area contributed by atoms with Gasteiger partial charge in [-0.05, 0) is 37.6 Å². The van der Waals surface area contributed by atoms with Crippen LogP contribution >= 0.6 is 0 Å². The van der Waals surface area contributed by atoms with Gasteiger partial charge in [0, 0.05) is 11.1 Å². The number of nitrogen functional groups attached to an aromatic ring is 1. The molecule has 160 valence electrons. The largest absolute Gasteiger partial charge is 0.389 e. The Morgan fingerprint density at radius 2 is 1.87 bits per heavy atom. The van der Waals surface area contributed by atoms with E-state index in [1.54, 1.807) is 13.8 Å². The van der Waals surface area contributed by atoms with Crippen LogP contribution in [0.1, 0.15) is 25.2 Å². The first-order valence-corrected chi connectivity index (χ1v) is 9.98. The van der Waals surface area contributed by atoms with Gasteiger partial charge in [-0.2, -0.15) is 0 Å². The van der Waals surface area contributed by atoms with E-state index in [1.165, 1.54) is 0 Å². The number of nitrogens with two attached hydrogens (primary N) is 1. The van der Waals surface area contributed by atoms with E-state index in [0.29, 0.717) is 36.7 Å². The molecule has 2 heterocycles. The minimum Gasteiger partial charge on any atom is -0.389 e. The molecule has 0 spiro atoms. The molecular weight excluding hydrogens is 394 g/mol. The van der Waals surface area contributed by atoms with Gasteiger partial charge < -0.3 is 25.5 Å². The summed E-state index contributed by atoms with van der Waals surface area (Å²) in [6.45, 7) is 4.46. The Bertz CT molecular complexity index is 1230. The number of nitrogens with one attached hydrogen (secondary N) is 1. The van der Waals surface area contributed by atoms with E-state index in [2.05, 4.69) is 10.3 Å². The van der Waals surface area contributed by atoms with E-state index in [0.717, 1.165) is 27.7 Å². The number of pyridine rings is 1. The van der Waals surface area contributed by atoms with Crippen LogP contribution in [0, 0.1) is 0 Å². The molecule has 0 atom stereocenters. The van der Waals surface area contributed by atoms with Gasteiger partial charge in [-0.3, -0.25) is 4.79 Å². The Morgan fingerprint density at radius 1 is 1.13 bits per heavy atom.